The van der Waals surface area contributed by atoms with Crippen LogP contribution in [-0.2, 0) is 4.79 Å². The van der Waals surface area contributed by atoms with Crippen molar-refractivity contribution in [3.05, 3.63) is 56.5 Å². The SMILES string of the molecule is Cc1cc(OCC(=O)Nc2cccc(Cl)c2Cl)ccc1Br. The molecule has 0 aliphatic carbocycles. The van der Waals surface area contributed by atoms with Crippen LogP contribution in [0.1, 0.15) is 5.56 Å². The van der Waals surface area contributed by atoms with Gasteiger partial charge in [0.2, 0.25) is 0 Å². The van der Waals surface area contributed by atoms with Crippen molar-refractivity contribution in [1.29, 1.82) is 0 Å². The van der Waals surface area contributed by atoms with Crippen molar-refractivity contribution >= 4 is 50.7 Å². The van der Waals surface area contributed by atoms with Crippen molar-refractivity contribution in [2.24, 2.45) is 0 Å². The number of hydrogen-bond donors (Lipinski definition) is 1. The minimum atomic E-state index is -0.306. The second-order valence-corrected chi connectivity index (χ2v) is 5.99. The summed E-state index contributed by atoms with van der Waals surface area (Å²) < 4.78 is 6.43. The Balaban J connectivity index is 1.96. The van der Waals surface area contributed by atoms with E-state index in [-0.39, 0.29) is 12.5 Å². The molecule has 3 nitrogen and oxygen atoms in total. The number of benzene rings is 2. The monoisotopic (exact) mass is 387 g/mol. The normalized spacial score (nSPS) is 10.3. The predicted octanol–water partition coefficient (Wildman–Crippen LogP) is 5.08. The lowest BCUT2D eigenvalue weighted by atomic mass is 10.2. The number of aryl methyl sites for hydroxylation is 1. The molecule has 6 heteroatoms. The first-order valence-corrected chi connectivity index (χ1v) is 7.65. The smallest absolute Gasteiger partial charge is 0.262 e. The Labute approximate surface area is 141 Å². The zero-order valence-electron chi connectivity index (χ0n) is 11.1. The Kier molecular flexibility index (Phi) is 5.51. The minimum absolute atomic E-state index is 0.107. The van der Waals surface area contributed by atoms with E-state index in [1.165, 1.54) is 0 Å². The van der Waals surface area contributed by atoms with Gasteiger partial charge >= 0.3 is 0 Å². The third-order valence-electron chi connectivity index (χ3n) is 2.73. The molecule has 2 aromatic rings. The Morgan fingerprint density at radius 1 is 1.29 bits per heavy atom. The first-order valence-electron chi connectivity index (χ1n) is 6.10. The zero-order chi connectivity index (χ0) is 15.4. The maximum absolute atomic E-state index is 11.9. The maximum Gasteiger partial charge on any atom is 0.262 e. The lowest BCUT2D eigenvalue weighted by Crippen LogP contribution is -2.20. The van der Waals surface area contributed by atoms with E-state index in [0.717, 1.165) is 10.0 Å². The van der Waals surface area contributed by atoms with E-state index in [9.17, 15) is 4.79 Å². The Bertz CT molecular complexity index is 677. The van der Waals surface area contributed by atoms with Crippen LogP contribution in [0.25, 0.3) is 0 Å². The summed E-state index contributed by atoms with van der Waals surface area (Å²) in [6.45, 7) is 1.84. The first kappa shape index (κ1) is 16.1. The predicted molar refractivity (Wildman–Crippen MR) is 89.5 cm³/mol. The molecule has 0 unspecified atom stereocenters. The molecule has 0 atom stereocenters. The molecule has 0 aliphatic rings. The van der Waals surface area contributed by atoms with E-state index in [1.54, 1.807) is 24.3 Å². The topological polar surface area (TPSA) is 38.3 Å². The molecule has 0 saturated heterocycles. The van der Waals surface area contributed by atoms with E-state index < -0.39 is 0 Å². The van der Waals surface area contributed by atoms with Crippen molar-refractivity contribution in [1.82, 2.24) is 0 Å². The summed E-state index contributed by atoms with van der Waals surface area (Å²) in [5, 5.41) is 3.36. The van der Waals surface area contributed by atoms with Crippen LogP contribution < -0.4 is 10.1 Å². The Hall–Kier alpha value is -1.23. The van der Waals surface area contributed by atoms with E-state index in [1.807, 2.05) is 19.1 Å². The number of amides is 1. The highest BCUT2D eigenvalue weighted by atomic mass is 79.9. The number of halogens is 3. The molecule has 110 valence electrons. The van der Waals surface area contributed by atoms with E-state index in [0.29, 0.717) is 21.5 Å². The fourth-order valence-electron chi connectivity index (χ4n) is 1.64. The summed E-state index contributed by atoms with van der Waals surface area (Å²) in [4.78, 5) is 11.9. The number of anilines is 1. The van der Waals surface area contributed by atoms with Gasteiger partial charge in [-0.1, -0.05) is 45.2 Å². The van der Waals surface area contributed by atoms with Crippen molar-refractivity contribution in [3.8, 4) is 5.75 Å². The van der Waals surface area contributed by atoms with Crippen LogP contribution in [0.3, 0.4) is 0 Å². The van der Waals surface area contributed by atoms with Crippen LogP contribution in [0.2, 0.25) is 10.0 Å². The third-order valence-corrected chi connectivity index (χ3v) is 4.43. The highest BCUT2D eigenvalue weighted by molar-refractivity contribution is 9.10. The summed E-state index contributed by atoms with van der Waals surface area (Å²) in [7, 11) is 0. The van der Waals surface area contributed by atoms with Gasteiger partial charge in [-0.15, -0.1) is 0 Å². The molecule has 1 N–H and O–H groups in total. The van der Waals surface area contributed by atoms with Gasteiger partial charge < -0.3 is 10.1 Å². The molecular weight excluding hydrogens is 377 g/mol. The van der Waals surface area contributed by atoms with E-state index >= 15 is 0 Å². The number of ether oxygens (including phenoxy) is 1. The second kappa shape index (κ2) is 7.16. The van der Waals surface area contributed by atoms with Gasteiger partial charge in [-0.2, -0.15) is 0 Å². The number of hydrogen-bond acceptors (Lipinski definition) is 2. The molecule has 0 heterocycles. The highest BCUT2D eigenvalue weighted by Gasteiger charge is 2.09. The fraction of sp³-hybridized carbons (Fsp3) is 0.133. The van der Waals surface area contributed by atoms with Crippen LogP contribution >= 0.6 is 39.1 Å². The van der Waals surface area contributed by atoms with E-state index in [4.69, 9.17) is 27.9 Å². The quantitative estimate of drug-likeness (QED) is 0.792. The van der Waals surface area contributed by atoms with Gasteiger partial charge in [0.1, 0.15) is 5.75 Å². The second-order valence-electron chi connectivity index (χ2n) is 4.35. The number of carbonyl (C=O) groups excluding carboxylic acids is 1. The van der Waals surface area contributed by atoms with Crippen molar-refractivity contribution < 1.29 is 9.53 Å². The largest absolute Gasteiger partial charge is 0.484 e. The fourth-order valence-corrected chi connectivity index (χ4v) is 2.24. The molecule has 0 fully saturated rings. The number of rotatable bonds is 4. The summed E-state index contributed by atoms with van der Waals surface area (Å²) in [6.07, 6.45) is 0. The molecule has 0 aromatic heterocycles. The van der Waals surface area contributed by atoms with E-state index in [2.05, 4.69) is 21.2 Å². The van der Waals surface area contributed by atoms with Gasteiger partial charge in [-0.25, -0.2) is 0 Å². The lowest BCUT2D eigenvalue weighted by Gasteiger charge is -2.10. The molecule has 0 radical (unpaired) electrons. The van der Waals surface area contributed by atoms with Gasteiger partial charge in [0, 0.05) is 4.47 Å². The molecule has 2 rings (SSSR count). The van der Waals surface area contributed by atoms with Crippen LogP contribution in [-0.4, -0.2) is 12.5 Å². The van der Waals surface area contributed by atoms with Crippen molar-refractivity contribution in [2.75, 3.05) is 11.9 Å². The highest BCUT2D eigenvalue weighted by Crippen LogP contribution is 2.29. The molecule has 0 bridgehead atoms. The average Bonchev–Trinajstić information content (AvgIpc) is 2.45. The molecule has 0 saturated carbocycles. The summed E-state index contributed by atoms with van der Waals surface area (Å²) in [5.41, 5.74) is 1.50. The molecular formula is C15H12BrCl2NO2. The number of nitrogens with one attached hydrogen (secondary N) is 1. The molecule has 1 amide bonds. The van der Waals surface area contributed by atoms with Gasteiger partial charge in [0.05, 0.1) is 15.7 Å². The van der Waals surface area contributed by atoms with Crippen LogP contribution in [0.15, 0.2) is 40.9 Å². The van der Waals surface area contributed by atoms with Gasteiger partial charge in [0.15, 0.2) is 6.61 Å². The van der Waals surface area contributed by atoms with Gasteiger partial charge in [-0.3, -0.25) is 4.79 Å². The molecule has 21 heavy (non-hydrogen) atoms. The van der Waals surface area contributed by atoms with Gasteiger partial charge in [0.25, 0.3) is 5.91 Å². The third kappa shape index (κ3) is 4.37. The first-order chi connectivity index (χ1) is 9.97. The Morgan fingerprint density at radius 3 is 2.76 bits per heavy atom. The zero-order valence-corrected chi connectivity index (χ0v) is 14.2. The minimum Gasteiger partial charge on any atom is -0.484 e. The summed E-state index contributed by atoms with van der Waals surface area (Å²) in [5.74, 6) is 0.322. The maximum atomic E-state index is 11.9. The number of carbonyl (C=O) groups is 1. The van der Waals surface area contributed by atoms with Crippen LogP contribution in [0.5, 0.6) is 5.75 Å². The Morgan fingerprint density at radius 2 is 2.05 bits per heavy atom. The molecule has 0 spiro atoms. The standard InChI is InChI=1S/C15H12BrCl2NO2/c1-9-7-10(5-6-11(9)16)21-8-14(20)19-13-4-2-3-12(17)15(13)18/h2-7H,8H2,1H3,(H,19,20). The van der Waals surface area contributed by atoms with Crippen LogP contribution in [0.4, 0.5) is 5.69 Å². The van der Waals surface area contributed by atoms with Crippen LogP contribution in [0, 0.1) is 6.92 Å². The lowest BCUT2D eigenvalue weighted by molar-refractivity contribution is -0.118. The molecule has 0 aliphatic heterocycles. The summed E-state index contributed by atoms with van der Waals surface area (Å²) in [6, 6.07) is 10.6. The molecule has 2 aromatic carbocycles. The van der Waals surface area contributed by atoms with Gasteiger partial charge in [-0.05, 0) is 42.8 Å². The van der Waals surface area contributed by atoms with Crippen molar-refractivity contribution in [2.45, 2.75) is 6.92 Å². The average molecular weight is 389 g/mol. The van der Waals surface area contributed by atoms with Crippen molar-refractivity contribution in [3.63, 3.8) is 0 Å². The summed E-state index contributed by atoms with van der Waals surface area (Å²) >= 11 is 15.3.